The Balaban J connectivity index is 2.22. The molecule has 1 aliphatic carbocycles. The Morgan fingerprint density at radius 1 is 1.41 bits per heavy atom. The highest BCUT2D eigenvalue weighted by atomic mass is 32.2. The van der Waals surface area contributed by atoms with Crippen molar-refractivity contribution < 1.29 is 8.42 Å². The predicted molar refractivity (Wildman–Crippen MR) is 69.0 cm³/mol. The van der Waals surface area contributed by atoms with Crippen molar-refractivity contribution in [2.24, 2.45) is 0 Å². The van der Waals surface area contributed by atoms with Gasteiger partial charge in [0.2, 0.25) is 10.0 Å². The van der Waals surface area contributed by atoms with Crippen LogP contribution in [0.25, 0.3) is 0 Å². The highest BCUT2D eigenvalue weighted by molar-refractivity contribution is 7.90. The molecule has 1 fully saturated rings. The molecule has 1 aromatic carbocycles. The lowest BCUT2D eigenvalue weighted by Gasteiger charge is -2.24. The third-order valence-corrected chi connectivity index (χ3v) is 5.72. The second kappa shape index (κ2) is 4.31. The van der Waals surface area contributed by atoms with Crippen LogP contribution < -0.4 is 5.73 Å². The maximum absolute atomic E-state index is 12.1. The van der Waals surface area contributed by atoms with E-state index in [4.69, 9.17) is 5.73 Å². The van der Waals surface area contributed by atoms with Gasteiger partial charge in [0.25, 0.3) is 0 Å². The standard InChI is InChI=1S/C12H18N2O2S/c1-9(10-4-3-5-11(13)8-10)14(2)17(15,16)12-6-7-12/h3-5,8-9,12H,6-7,13H2,1-2H3. The molecule has 0 bridgehead atoms. The quantitative estimate of drug-likeness (QED) is 0.833. The van der Waals surface area contributed by atoms with Crippen molar-refractivity contribution in [2.45, 2.75) is 31.1 Å². The Labute approximate surface area is 102 Å². The molecule has 1 aromatic rings. The van der Waals surface area contributed by atoms with Crippen molar-refractivity contribution in [3.63, 3.8) is 0 Å². The fourth-order valence-corrected chi connectivity index (χ4v) is 3.61. The molecule has 0 saturated heterocycles. The minimum atomic E-state index is -3.13. The maximum atomic E-state index is 12.1. The van der Waals surface area contributed by atoms with Gasteiger partial charge in [-0.1, -0.05) is 12.1 Å². The molecule has 4 nitrogen and oxygen atoms in total. The van der Waals surface area contributed by atoms with E-state index in [-0.39, 0.29) is 11.3 Å². The van der Waals surface area contributed by atoms with Crippen LogP contribution in [-0.4, -0.2) is 25.0 Å². The van der Waals surface area contributed by atoms with Crippen molar-refractivity contribution in [1.29, 1.82) is 0 Å². The summed E-state index contributed by atoms with van der Waals surface area (Å²) in [6.45, 7) is 1.88. The van der Waals surface area contributed by atoms with E-state index in [2.05, 4.69) is 0 Å². The third kappa shape index (κ3) is 2.45. The van der Waals surface area contributed by atoms with E-state index in [1.54, 1.807) is 13.1 Å². The molecular weight excluding hydrogens is 236 g/mol. The zero-order valence-corrected chi connectivity index (χ0v) is 10.9. The highest BCUT2D eigenvalue weighted by Crippen LogP contribution is 2.34. The molecule has 2 N–H and O–H groups in total. The van der Waals surface area contributed by atoms with Gasteiger partial charge >= 0.3 is 0 Å². The summed E-state index contributed by atoms with van der Waals surface area (Å²) in [6.07, 6.45) is 1.58. The van der Waals surface area contributed by atoms with Crippen molar-refractivity contribution >= 4 is 15.7 Å². The molecule has 0 spiro atoms. The van der Waals surface area contributed by atoms with Gasteiger partial charge in [0, 0.05) is 18.8 Å². The first-order valence-corrected chi connectivity index (χ1v) is 7.25. The first kappa shape index (κ1) is 12.4. The SMILES string of the molecule is CC(c1cccc(N)c1)N(C)S(=O)(=O)C1CC1. The average molecular weight is 254 g/mol. The van der Waals surface area contributed by atoms with Crippen LogP contribution in [0.15, 0.2) is 24.3 Å². The molecule has 0 radical (unpaired) electrons. The molecule has 17 heavy (non-hydrogen) atoms. The van der Waals surface area contributed by atoms with Crippen LogP contribution in [0.3, 0.4) is 0 Å². The second-order valence-electron chi connectivity index (χ2n) is 4.61. The van der Waals surface area contributed by atoms with E-state index >= 15 is 0 Å². The fourth-order valence-electron chi connectivity index (χ4n) is 1.85. The van der Waals surface area contributed by atoms with E-state index in [1.165, 1.54) is 4.31 Å². The highest BCUT2D eigenvalue weighted by Gasteiger charge is 2.40. The van der Waals surface area contributed by atoms with E-state index in [1.807, 2.05) is 25.1 Å². The number of nitrogen functional groups attached to an aromatic ring is 1. The fraction of sp³-hybridized carbons (Fsp3) is 0.500. The van der Waals surface area contributed by atoms with Crippen molar-refractivity contribution in [3.05, 3.63) is 29.8 Å². The molecule has 0 amide bonds. The molecule has 5 heteroatoms. The monoisotopic (exact) mass is 254 g/mol. The number of rotatable bonds is 4. The summed E-state index contributed by atoms with van der Waals surface area (Å²) in [5.41, 5.74) is 7.30. The molecule has 1 aliphatic rings. The van der Waals surface area contributed by atoms with Gasteiger partial charge in [-0.15, -0.1) is 0 Å². The van der Waals surface area contributed by atoms with Gasteiger partial charge in [0.05, 0.1) is 5.25 Å². The van der Waals surface area contributed by atoms with E-state index in [0.29, 0.717) is 5.69 Å². The molecule has 0 aliphatic heterocycles. The lowest BCUT2D eigenvalue weighted by atomic mass is 10.1. The molecule has 0 aromatic heterocycles. The summed E-state index contributed by atoms with van der Waals surface area (Å²) in [4.78, 5) is 0. The Morgan fingerprint density at radius 2 is 2.06 bits per heavy atom. The van der Waals surface area contributed by atoms with Gasteiger partial charge < -0.3 is 5.73 Å². The summed E-state index contributed by atoms with van der Waals surface area (Å²) < 4.78 is 25.6. The van der Waals surface area contributed by atoms with Crippen LogP contribution in [0.4, 0.5) is 5.69 Å². The number of benzene rings is 1. The number of nitrogens with two attached hydrogens (primary N) is 1. The molecule has 1 atom stereocenters. The first-order chi connectivity index (χ1) is 7.93. The van der Waals surface area contributed by atoms with Gasteiger partial charge in [0.15, 0.2) is 0 Å². The van der Waals surface area contributed by atoms with E-state index in [9.17, 15) is 8.42 Å². The zero-order valence-electron chi connectivity index (χ0n) is 10.1. The molecule has 94 valence electrons. The van der Waals surface area contributed by atoms with Crippen LogP contribution >= 0.6 is 0 Å². The number of hydrogen-bond donors (Lipinski definition) is 1. The lowest BCUT2D eigenvalue weighted by molar-refractivity contribution is 0.397. The largest absolute Gasteiger partial charge is 0.399 e. The van der Waals surface area contributed by atoms with Crippen molar-refractivity contribution in [2.75, 3.05) is 12.8 Å². The zero-order chi connectivity index (χ0) is 12.6. The Bertz CT molecular complexity index is 509. The minimum absolute atomic E-state index is 0.170. The van der Waals surface area contributed by atoms with Crippen LogP contribution in [0, 0.1) is 0 Å². The number of hydrogen-bond acceptors (Lipinski definition) is 3. The van der Waals surface area contributed by atoms with E-state index < -0.39 is 10.0 Å². The van der Waals surface area contributed by atoms with Gasteiger partial charge in [-0.2, -0.15) is 4.31 Å². The second-order valence-corrected chi connectivity index (χ2v) is 6.88. The molecule has 2 rings (SSSR count). The van der Waals surface area contributed by atoms with Crippen molar-refractivity contribution in [1.82, 2.24) is 4.31 Å². The molecule has 1 saturated carbocycles. The molecule has 1 unspecified atom stereocenters. The van der Waals surface area contributed by atoms with Gasteiger partial charge in [-0.3, -0.25) is 0 Å². The van der Waals surface area contributed by atoms with Crippen molar-refractivity contribution in [3.8, 4) is 0 Å². The molecular formula is C12H18N2O2S. The van der Waals surface area contributed by atoms with Crippen LogP contribution in [0.5, 0.6) is 0 Å². The summed E-state index contributed by atoms with van der Waals surface area (Å²) in [7, 11) is -1.49. The number of nitrogens with zero attached hydrogens (tertiary/aromatic N) is 1. The summed E-state index contributed by atoms with van der Waals surface area (Å²) in [6, 6.07) is 7.19. The Hall–Kier alpha value is -1.07. The third-order valence-electron chi connectivity index (χ3n) is 3.29. The van der Waals surface area contributed by atoms with E-state index in [0.717, 1.165) is 18.4 Å². The van der Waals surface area contributed by atoms with Crippen LogP contribution in [0.2, 0.25) is 0 Å². The number of anilines is 1. The maximum Gasteiger partial charge on any atom is 0.217 e. The molecule has 0 heterocycles. The summed E-state index contributed by atoms with van der Waals surface area (Å²) in [5, 5.41) is -0.170. The lowest BCUT2D eigenvalue weighted by Crippen LogP contribution is -2.32. The van der Waals surface area contributed by atoms with Gasteiger partial charge in [-0.05, 0) is 37.5 Å². The van der Waals surface area contributed by atoms with Gasteiger partial charge in [0.1, 0.15) is 0 Å². The van der Waals surface area contributed by atoms with Crippen LogP contribution in [0.1, 0.15) is 31.4 Å². The Kier molecular flexibility index (Phi) is 3.14. The first-order valence-electron chi connectivity index (χ1n) is 5.75. The van der Waals surface area contributed by atoms with Gasteiger partial charge in [-0.25, -0.2) is 8.42 Å². The van der Waals surface area contributed by atoms with Crippen LogP contribution in [-0.2, 0) is 10.0 Å². The minimum Gasteiger partial charge on any atom is -0.399 e. The smallest absolute Gasteiger partial charge is 0.217 e. The number of sulfonamides is 1. The predicted octanol–water partition coefficient (Wildman–Crippen LogP) is 1.75. The topological polar surface area (TPSA) is 63.4 Å². The summed E-state index contributed by atoms with van der Waals surface area (Å²) >= 11 is 0. The summed E-state index contributed by atoms with van der Waals surface area (Å²) in [5.74, 6) is 0. The Morgan fingerprint density at radius 3 is 2.59 bits per heavy atom. The average Bonchev–Trinajstić information content (AvgIpc) is 3.11. The normalized spacial score (nSPS) is 18.3.